The van der Waals surface area contributed by atoms with Gasteiger partial charge in [-0.1, -0.05) is 17.7 Å². The Kier molecular flexibility index (Phi) is 3.29. The second-order valence-electron chi connectivity index (χ2n) is 6.80. The van der Waals surface area contributed by atoms with E-state index in [1.165, 1.54) is 0 Å². The van der Waals surface area contributed by atoms with Gasteiger partial charge in [0.15, 0.2) is 5.78 Å². The lowest BCUT2D eigenvalue weighted by Crippen LogP contribution is -2.38. The van der Waals surface area contributed by atoms with Gasteiger partial charge in [0.1, 0.15) is 5.15 Å². The molecule has 0 saturated heterocycles. The van der Waals surface area contributed by atoms with Crippen LogP contribution in [0.1, 0.15) is 40.5 Å². The van der Waals surface area contributed by atoms with Crippen molar-refractivity contribution in [1.29, 1.82) is 0 Å². The normalized spacial score (nSPS) is 20.4. The second kappa shape index (κ2) is 5.15. The molecule has 4 rings (SSSR count). The van der Waals surface area contributed by atoms with Crippen LogP contribution < -0.4 is 0 Å². The number of ketones is 1. The maximum atomic E-state index is 13.3. The third-order valence-corrected chi connectivity index (χ3v) is 5.41. The van der Waals surface area contributed by atoms with Crippen LogP contribution in [0.2, 0.25) is 5.15 Å². The van der Waals surface area contributed by atoms with Crippen molar-refractivity contribution in [3.05, 3.63) is 58.1 Å². The van der Waals surface area contributed by atoms with Crippen LogP contribution in [-0.4, -0.2) is 20.3 Å². The average Bonchev–Trinajstić information content (AvgIpc) is 2.91. The van der Waals surface area contributed by atoms with E-state index < -0.39 is 5.41 Å². The summed E-state index contributed by atoms with van der Waals surface area (Å²) in [5.41, 5.74) is 4.89. The average molecular weight is 340 g/mol. The molecule has 5 heteroatoms. The predicted octanol–water partition coefficient (Wildman–Crippen LogP) is 4.02. The van der Waals surface area contributed by atoms with E-state index in [1.807, 2.05) is 43.7 Å². The molecule has 0 bridgehead atoms. The molecule has 2 aromatic heterocycles. The van der Waals surface area contributed by atoms with Gasteiger partial charge in [0.05, 0.1) is 28.5 Å². The Morgan fingerprint density at radius 3 is 2.88 bits per heavy atom. The van der Waals surface area contributed by atoms with Gasteiger partial charge in [-0.05, 0) is 56.0 Å². The van der Waals surface area contributed by atoms with Crippen molar-refractivity contribution in [1.82, 2.24) is 14.5 Å². The molecule has 24 heavy (non-hydrogen) atoms. The summed E-state index contributed by atoms with van der Waals surface area (Å²) < 4.78 is 1.98. The number of pyridine rings is 1. The van der Waals surface area contributed by atoms with E-state index in [0.29, 0.717) is 5.15 Å². The number of carbonyl (C=O) groups excluding carboxylic acids is 1. The van der Waals surface area contributed by atoms with Gasteiger partial charge < -0.3 is 4.57 Å². The first-order chi connectivity index (χ1) is 11.4. The highest BCUT2D eigenvalue weighted by Crippen LogP contribution is 2.40. The van der Waals surface area contributed by atoms with Gasteiger partial charge in [-0.25, -0.2) is 9.97 Å². The highest BCUT2D eigenvalue weighted by Gasteiger charge is 2.41. The van der Waals surface area contributed by atoms with Crippen LogP contribution in [0.5, 0.6) is 0 Å². The number of fused-ring (bicyclic) bond motifs is 2. The van der Waals surface area contributed by atoms with Gasteiger partial charge >= 0.3 is 0 Å². The van der Waals surface area contributed by atoms with Crippen molar-refractivity contribution in [2.45, 2.75) is 32.1 Å². The third kappa shape index (κ3) is 2.09. The van der Waals surface area contributed by atoms with E-state index in [-0.39, 0.29) is 5.78 Å². The van der Waals surface area contributed by atoms with E-state index in [2.05, 4.69) is 9.97 Å². The summed E-state index contributed by atoms with van der Waals surface area (Å²) >= 11 is 6.05. The van der Waals surface area contributed by atoms with Crippen LogP contribution >= 0.6 is 11.6 Å². The molecule has 0 saturated carbocycles. The molecule has 0 N–H and O–H groups in total. The Labute approximate surface area is 145 Å². The van der Waals surface area contributed by atoms with Crippen molar-refractivity contribution in [2.24, 2.45) is 7.05 Å². The molecule has 0 radical (unpaired) electrons. The van der Waals surface area contributed by atoms with E-state index in [0.717, 1.165) is 46.3 Å². The van der Waals surface area contributed by atoms with E-state index in [9.17, 15) is 4.79 Å². The molecule has 1 aromatic carbocycles. The molecule has 0 aliphatic heterocycles. The number of Topliss-reactive ketones (excluding diaryl/α,β-unsaturated/α-hetero) is 1. The number of imidazole rings is 1. The number of nitrogens with zero attached hydrogens (tertiary/aromatic N) is 3. The molecule has 4 nitrogen and oxygen atoms in total. The smallest absolute Gasteiger partial charge is 0.175 e. The molecule has 0 amide bonds. The first-order valence-corrected chi connectivity index (χ1v) is 8.40. The molecule has 2 heterocycles. The molecule has 122 valence electrons. The minimum Gasteiger partial charge on any atom is -0.334 e. The minimum atomic E-state index is -0.557. The largest absolute Gasteiger partial charge is 0.334 e. The fraction of sp³-hybridized carbons (Fsp3) is 0.316. The number of carbonyl (C=O) groups is 1. The predicted molar refractivity (Wildman–Crippen MR) is 94.7 cm³/mol. The molecule has 1 aliphatic rings. The third-order valence-electron chi connectivity index (χ3n) is 5.21. The number of halogens is 1. The zero-order chi connectivity index (χ0) is 17.1. The highest BCUT2D eigenvalue weighted by molar-refractivity contribution is 6.29. The Balaban J connectivity index is 1.86. The van der Waals surface area contributed by atoms with Crippen LogP contribution in [0.4, 0.5) is 0 Å². The lowest BCUT2D eigenvalue weighted by molar-refractivity contribution is 0.0873. The van der Waals surface area contributed by atoms with Crippen molar-refractivity contribution < 1.29 is 4.79 Å². The number of aromatic nitrogens is 3. The minimum absolute atomic E-state index is 0.126. The lowest BCUT2D eigenvalue weighted by Gasteiger charge is -2.34. The summed E-state index contributed by atoms with van der Waals surface area (Å²) in [7, 11) is 1.97. The number of hydrogen-bond acceptors (Lipinski definition) is 3. The van der Waals surface area contributed by atoms with Crippen molar-refractivity contribution >= 4 is 28.4 Å². The van der Waals surface area contributed by atoms with Crippen LogP contribution in [0.3, 0.4) is 0 Å². The Morgan fingerprint density at radius 2 is 2.08 bits per heavy atom. The van der Waals surface area contributed by atoms with Crippen LogP contribution in [0.15, 0.2) is 30.6 Å². The summed E-state index contributed by atoms with van der Waals surface area (Å²) in [5.74, 6) is 0.126. The van der Waals surface area contributed by atoms with Gasteiger partial charge in [-0.2, -0.15) is 0 Å². The van der Waals surface area contributed by atoms with Crippen LogP contribution in [0.25, 0.3) is 11.0 Å². The number of aryl methyl sites for hydroxylation is 3. The van der Waals surface area contributed by atoms with Gasteiger partial charge in [0, 0.05) is 12.6 Å². The highest BCUT2D eigenvalue weighted by atomic mass is 35.5. The van der Waals surface area contributed by atoms with Gasteiger partial charge in [-0.3, -0.25) is 4.79 Å². The van der Waals surface area contributed by atoms with Crippen molar-refractivity contribution in [3.63, 3.8) is 0 Å². The van der Waals surface area contributed by atoms with Gasteiger partial charge in [0.25, 0.3) is 0 Å². The van der Waals surface area contributed by atoms with E-state index in [4.69, 9.17) is 11.6 Å². The van der Waals surface area contributed by atoms with Crippen LogP contribution in [-0.2, 0) is 18.9 Å². The molecular formula is C19H18ClN3O. The standard InChI is InChI=1S/C19H18ClN3O/c1-11-8-16(20)22-13-6-7-19(2,18(24)17(11)13)12-4-5-15-14(9-12)21-10-23(15)3/h4-5,8-10H,6-7H2,1-3H3. The van der Waals surface area contributed by atoms with Crippen LogP contribution in [0, 0.1) is 6.92 Å². The summed E-state index contributed by atoms with van der Waals surface area (Å²) in [6, 6.07) is 7.90. The SMILES string of the molecule is Cc1cc(Cl)nc2c1C(=O)C(C)(c1ccc3c(c1)ncn3C)CC2. The molecule has 0 spiro atoms. The zero-order valence-electron chi connectivity index (χ0n) is 13.9. The van der Waals surface area contributed by atoms with Crippen molar-refractivity contribution in [2.75, 3.05) is 0 Å². The molecule has 3 aromatic rings. The number of rotatable bonds is 1. The maximum Gasteiger partial charge on any atom is 0.175 e. The number of benzene rings is 1. The van der Waals surface area contributed by atoms with Gasteiger partial charge in [-0.15, -0.1) is 0 Å². The molecule has 1 atom stereocenters. The molecular weight excluding hydrogens is 322 g/mol. The Hall–Kier alpha value is -2.20. The summed E-state index contributed by atoms with van der Waals surface area (Å²) in [6.07, 6.45) is 3.27. The Morgan fingerprint density at radius 1 is 1.29 bits per heavy atom. The first-order valence-electron chi connectivity index (χ1n) is 8.02. The Bertz CT molecular complexity index is 992. The summed E-state index contributed by atoms with van der Waals surface area (Å²) in [6.45, 7) is 3.95. The van der Waals surface area contributed by atoms with Gasteiger partial charge in [0.2, 0.25) is 0 Å². The fourth-order valence-corrected chi connectivity index (χ4v) is 3.96. The molecule has 0 fully saturated rings. The molecule has 1 unspecified atom stereocenters. The summed E-state index contributed by atoms with van der Waals surface area (Å²) in [5, 5.41) is 0.456. The number of hydrogen-bond donors (Lipinski definition) is 0. The fourth-order valence-electron chi connectivity index (χ4n) is 3.70. The monoisotopic (exact) mass is 339 g/mol. The zero-order valence-corrected chi connectivity index (χ0v) is 14.7. The topological polar surface area (TPSA) is 47.8 Å². The first kappa shape index (κ1) is 15.3. The summed E-state index contributed by atoms with van der Waals surface area (Å²) in [4.78, 5) is 22.1. The molecule has 1 aliphatic carbocycles. The second-order valence-corrected chi connectivity index (χ2v) is 7.19. The maximum absolute atomic E-state index is 13.3. The van der Waals surface area contributed by atoms with Crippen molar-refractivity contribution in [3.8, 4) is 0 Å². The lowest BCUT2D eigenvalue weighted by atomic mass is 9.68. The van der Waals surface area contributed by atoms with E-state index in [1.54, 1.807) is 12.4 Å². The quantitative estimate of drug-likeness (QED) is 0.629. The van der Waals surface area contributed by atoms with E-state index >= 15 is 0 Å².